The van der Waals surface area contributed by atoms with Crippen LogP contribution >= 0.6 is 0 Å². The number of carboxylic acids is 2. The molecule has 1 fully saturated rings. The summed E-state index contributed by atoms with van der Waals surface area (Å²) in [5.41, 5.74) is 1.71. The molecule has 18 heavy (non-hydrogen) atoms. The van der Waals surface area contributed by atoms with Gasteiger partial charge in [0.15, 0.2) is 0 Å². The molecule has 0 aromatic carbocycles. The first kappa shape index (κ1) is 16.4. The van der Waals surface area contributed by atoms with Crippen molar-refractivity contribution >= 4 is 11.9 Å². The molecule has 0 radical (unpaired) electrons. The van der Waals surface area contributed by atoms with Crippen LogP contribution in [0.2, 0.25) is 0 Å². The van der Waals surface area contributed by atoms with Crippen LogP contribution in [0, 0.1) is 0 Å². The average molecular weight is 254 g/mol. The zero-order valence-corrected chi connectivity index (χ0v) is 10.9. The van der Waals surface area contributed by atoms with Crippen molar-refractivity contribution in [3.05, 3.63) is 23.8 Å². The molecule has 0 aromatic rings. The minimum atomic E-state index is -1.26. The van der Waals surface area contributed by atoms with Gasteiger partial charge in [0.05, 0.1) is 0 Å². The minimum Gasteiger partial charge on any atom is -0.478 e. The van der Waals surface area contributed by atoms with Crippen molar-refractivity contribution in [2.75, 3.05) is 0 Å². The number of rotatable bonds is 7. The van der Waals surface area contributed by atoms with Crippen LogP contribution in [0.25, 0.3) is 0 Å². The topological polar surface area (TPSA) is 74.6 Å². The maximum Gasteiger partial charge on any atom is 0.328 e. The molecule has 0 heterocycles. The molecule has 102 valence electrons. The highest BCUT2D eigenvalue weighted by Crippen LogP contribution is 2.28. The van der Waals surface area contributed by atoms with E-state index in [1.54, 1.807) is 5.57 Å². The van der Waals surface area contributed by atoms with E-state index in [4.69, 9.17) is 10.2 Å². The highest BCUT2D eigenvalue weighted by atomic mass is 16.4. The summed E-state index contributed by atoms with van der Waals surface area (Å²) in [6.07, 6.45) is 13.3. The van der Waals surface area contributed by atoms with Gasteiger partial charge in [-0.15, -0.1) is 0 Å². The number of hydrogen-bond donors (Lipinski definition) is 2. The second-order valence-corrected chi connectivity index (χ2v) is 4.22. The first-order chi connectivity index (χ1) is 8.56. The number of aliphatic carboxylic acids is 2. The molecule has 4 nitrogen and oxygen atoms in total. The summed E-state index contributed by atoms with van der Waals surface area (Å²) in [4.78, 5) is 19.1. The Balaban J connectivity index is 0.000000331. The Hall–Kier alpha value is -1.58. The average Bonchev–Trinajstić information content (AvgIpc) is 3.11. The summed E-state index contributed by atoms with van der Waals surface area (Å²) in [7, 11) is 0. The normalized spacial score (nSPS) is 12.8. The summed E-state index contributed by atoms with van der Waals surface area (Å²) >= 11 is 0. The van der Waals surface area contributed by atoms with Gasteiger partial charge in [-0.1, -0.05) is 37.8 Å². The Kier molecular flexibility index (Phi) is 9.64. The molecule has 0 unspecified atom stereocenters. The summed E-state index contributed by atoms with van der Waals surface area (Å²) < 4.78 is 0. The van der Waals surface area contributed by atoms with Gasteiger partial charge in [0.1, 0.15) is 0 Å². The Morgan fingerprint density at radius 2 is 1.61 bits per heavy atom. The van der Waals surface area contributed by atoms with E-state index in [1.807, 2.05) is 0 Å². The van der Waals surface area contributed by atoms with Gasteiger partial charge < -0.3 is 10.2 Å². The Labute approximate surface area is 108 Å². The highest BCUT2D eigenvalue weighted by Gasteiger charge is 2.08. The van der Waals surface area contributed by atoms with Crippen molar-refractivity contribution in [2.45, 2.75) is 51.9 Å². The molecule has 0 saturated heterocycles. The SMILES string of the molecule is CCCCCCC=C1CC1.O=C(O)/C=C\C(=O)O. The predicted octanol–water partition coefficient (Wildman–Crippen LogP) is 3.39. The smallest absolute Gasteiger partial charge is 0.328 e. The van der Waals surface area contributed by atoms with Crippen LogP contribution in [0.4, 0.5) is 0 Å². The molecule has 0 aromatic heterocycles. The van der Waals surface area contributed by atoms with Crippen molar-refractivity contribution in [2.24, 2.45) is 0 Å². The van der Waals surface area contributed by atoms with Crippen LogP contribution in [0.1, 0.15) is 51.9 Å². The molecule has 2 N–H and O–H groups in total. The number of unbranched alkanes of at least 4 members (excludes halogenated alkanes) is 4. The molecule has 1 aliphatic rings. The molecule has 1 rings (SSSR count). The van der Waals surface area contributed by atoms with Crippen molar-refractivity contribution in [3.8, 4) is 0 Å². The minimum absolute atomic E-state index is 0.558. The molecule has 0 atom stereocenters. The van der Waals surface area contributed by atoms with Gasteiger partial charge in [-0.05, 0) is 25.7 Å². The number of allylic oxidation sites excluding steroid dienone is 2. The van der Waals surface area contributed by atoms with E-state index in [-0.39, 0.29) is 0 Å². The third kappa shape index (κ3) is 14.4. The fourth-order valence-electron chi connectivity index (χ4n) is 1.30. The Morgan fingerprint density at radius 1 is 1.06 bits per heavy atom. The van der Waals surface area contributed by atoms with Crippen molar-refractivity contribution < 1.29 is 19.8 Å². The summed E-state index contributed by atoms with van der Waals surface area (Å²) in [5, 5.41) is 15.6. The van der Waals surface area contributed by atoms with Crippen LogP contribution in [-0.4, -0.2) is 22.2 Å². The second kappa shape index (κ2) is 10.6. The molecule has 4 heteroatoms. The first-order valence-corrected chi connectivity index (χ1v) is 6.38. The molecule has 0 bridgehead atoms. The molecule has 0 amide bonds. The van der Waals surface area contributed by atoms with E-state index in [0.717, 1.165) is 0 Å². The maximum atomic E-state index is 9.55. The fourth-order valence-corrected chi connectivity index (χ4v) is 1.30. The zero-order valence-electron chi connectivity index (χ0n) is 10.9. The first-order valence-electron chi connectivity index (χ1n) is 6.38. The van der Waals surface area contributed by atoms with Crippen molar-refractivity contribution in [1.29, 1.82) is 0 Å². The van der Waals surface area contributed by atoms with Gasteiger partial charge in [0, 0.05) is 12.2 Å². The Bertz CT molecular complexity index is 294. The molecular weight excluding hydrogens is 232 g/mol. The lowest BCUT2D eigenvalue weighted by atomic mass is 10.1. The van der Waals surface area contributed by atoms with Crippen LogP contribution in [0.15, 0.2) is 23.8 Å². The van der Waals surface area contributed by atoms with E-state index in [0.29, 0.717) is 12.2 Å². The largest absolute Gasteiger partial charge is 0.478 e. The molecular formula is C14H22O4. The highest BCUT2D eigenvalue weighted by molar-refractivity contribution is 5.89. The van der Waals surface area contributed by atoms with E-state index in [1.165, 1.54) is 44.9 Å². The molecule has 0 aliphatic heterocycles. The van der Waals surface area contributed by atoms with E-state index in [9.17, 15) is 9.59 Å². The molecule has 1 saturated carbocycles. The van der Waals surface area contributed by atoms with Gasteiger partial charge in [0.2, 0.25) is 0 Å². The van der Waals surface area contributed by atoms with Crippen LogP contribution in [0.3, 0.4) is 0 Å². The van der Waals surface area contributed by atoms with Crippen molar-refractivity contribution in [1.82, 2.24) is 0 Å². The van der Waals surface area contributed by atoms with E-state index >= 15 is 0 Å². The van der Waals surface area contributed by atoms with Gasteiger partial charge in [-0.25, -0.2) is 9.59 Å². The number of hydrogen-bond acceptors (Lipinski definition) is 2. The number of carboxylic acid groups (broad SMARTS) is 2. The summed E-state index contributed by atoms with van der Waals surface area (Å²) in [5.74, 6) is -2.51. The van der Waals surface area contributed by atoms with E-state index in [2.05, 4.69) is 13.0 Å². The summed E-state index contributed by atoms with van der Waals surface area (Å²) in [6, 6.07) is 0. The van der Waals surface area contributed by atoms with Gasteiger partial charge >= 0.3 is 11.9 Å². The fraction of sp³-hybridized carbons (Fsp3) is 0.571. The standard InChI is InChI=1S/C10H18.C4H4O4/c1-2-3-4-5-6-7-10-8-9-10;5-3(6)1-2-4(7)8/h7H,2-6,8-9H2,1H3;1-2H,(H,5,6)(H,7,8)/b;2-1-. The van der Waals surface area contributed by atoms with Crippen LogP contribution in [-0.2, 0) is 9.59 Å². The lowest BCUT2D eigenvalue weighted by Gasteiger charge is -1.92. The van der Waals surface area contributed by atoms with Gasteiger partial charge in [-0.2, -0.15) is 0 Å². The quantitative estimate of drug-likeness (QED) is 0.415. The number of carbonyl (C=O) groups is 2. The van der Waals surface area contributed by atoms with E-state index < -0.39 is 11.9 Å². The van der Waals surface area contributed by atoms with Crippen LogP contribution < -0.4 is 0 Å². The predicted molar refractivity (Wildman–Crippen MR) is 70.5 cm³/mol. The van der Waals surface area contributed by atoms with Gasteiger partial charge in [0.25, 0.3) is 0 Å². The van der Waals surface area contributed by atoms with Crippen LogP contribution in [0.5, 0.6) is 0 Å². The molecule has 0 spiro atoms. The summed E-state index contributed by atoms with van der Waals surface area (Å²) in [6.45, 7) is 2.26. The lowest BCUT2D eigenvalue weighted by molar-refractivity contribution is -0.134. The monoisotopic (exact) mass is 254 g/mol. The molecule has 1 aliphatic carbocycles. The van der Waals surface area contributed by atoms with Gasteiger partial charge in [-0.3, -0.25) is 0 Å². The maximum absolute atomic E-state index is 9.55. The second-order valence-electron chi connectivity index (χ2n) is 4.22. The van der Waals surface area contributed by atoms with Crippen molar-refractivity contribution in [3.63, 3.8) is 0 Å². The third-order valence-corrected chi connectivity index (χ3v) is 2.40. The lowest BCUT2D eigenvalue weighted by Crippen LogP contribution is -1.91. The zero-order chi connectivity index (χ0) is 13.8. The Morgan fingerprint density at radius 3 is 2.00 bits per heavy atom. The third-order valence-electron chi connectivity index (χ3n) is 2.40.